The molecule has 0 aromatic carbocycles. The Kier molecular flexibility index (Phi) is 6.28. The number of nitrogens with zero attached hydrogens (tertiary/aromatic N) is 2. The molecule has 0 aromatic heterocycles. The summed E-state index contributed by atoms with van der Waals surface area (Å²) in [5.74, 6) is 0. The number of rotatable bonds is 7. The molecule has 0 aliphatic carbocycles. The van der Waals surface area contributed by atoms with Crippen LogP contribution in [0.2, 0.25) is 0 Å². The number of methoxy groups -OCH3 is 1. The van der Waals surface area contributed by atoms with Gasteiger partial charge in [-0.3, -0.25) is 9.80 Å². The molecule has 4 heteroatoms. The fraction of sp³-hybridized carbons (Fsp3) is 1.00. The Labute approximate surface area is 99.7 Å². The Balaban J connectivity index is 2.43. The molecule has 4 nitrogen and oxygen atoms in total. The van der Waals surface area contributed by atoms with Crippen molar-refractivity contribution in [3.8, 4) is 0 Å². The van der Waals surface area contributed by atoms with E-state index in [-0.39, 0.29) is 0 Å². The lowest BCUT2D eigenvalue weighted by atomic mass is 10.2. The lowest BCUT2D eigenvalue weighted by Crippen LogP contribution is -2.44. The van der Waals surface area contributed by atoms with Crippen molar-refractivity contribution in [2.75, 3.05) is 46.4 Å². The van der Waals surface area contributed by atoms with E-state index >= 15 is 0 Å². The normalized spacial score (nSPS) is 24.2. The number of likely N-dealkylation sites (N-methyl/N-ethyl adjacent to an activating group) is 1. The van der Waals surface area contributed by atoms with Gasteiger partial charge in [0.1, 0.15) is 0 Å². The first-order valence-corrected chi connectivity index (χ1v) is 6.43. The van der Waals surface area contributed by atoms with E-state index in [1.807, 2.05) is 0 Å². The lowest BCUT2D eigenvalue weighted by molar-refractivity contribution is 0.102. The minimum Gasteiger partial charge on any atom is -0.383 e. The molecule has 0 saturated carbocycles. The molecule has 0 spiro atoms. The molecule has 1 rings (SSSR count). The summed E-state index contributed by atoms with van der Waals surface area (Å²) in [6.07, 6.45) is 1.27. The van der Waals surface area contributed by atoms with E-state index in [9.17, 15) is 0 Å². The predicted octanol–water partition coefficient (Wildman–Crippen LogP) is 0.376. The summed E-state index contributed by atoms with van der Waals surface area (Å²) in [6, 6.07) is 1.10. The third kappa shape index (κ3) is 3.42. The summed E-state index contributed by atoms with van der Waals surface area (Å²) in [5, 5.41) is 0. The molecule has 1 heterocycles. The average Bonchev–Trinajstić information content (AvgIpc) is 2.77. The van der Waals surface area contributed by atoms with Crippen molar-refractivity contribution in [3.05, 3.63) is 0 Å². The quantitative estimate of drug-likeness (QED) is 0.685. The van der Waals surface area contributed by atoms with Crippen molar-refractivity contribution in [2.24, 2.45) is 5.73 Å². The first-order chi connectivity index (χ1) is 7.76. The van der Waals surface area contributed by atoms with Crippen LogP contribution in [0.25, 0.3) is 0 Å². The molecule has 1 aliphatic rings. The summed E-state index contributed by atoms with van der Waals surface area (Å²) >= 11 is 0. The predicted molar refractivity (Wildman–Crippen MR) is 67.6 cm³/mol. The summed E-state index contributed by atoms with van der Waals surface area (Å²) < 4.78 is 5.22. The van der Waals surface area contributed by atoms with Gasteiger partial charge in [0, 0.05) is 38.8 Å². The van der Waals surface area contributed by atoms with E-state index in [1.165, 1.54) is 6.42 Å². The van der Waals surface area contributed by atoms with Gasteiger partial charge in [0.05, 0.1) is 6.61 Å². The fourth-order valence-corrected chi connectivity index (χ4v) is 2.65. The summed E-state index contributed by atoms with van der Waals surface area (Å²) in [6.45, 7) is 10.5. The molecule has 0 amide bonds. The minimum atomic E-state index is 0.394. The van der Waals surface area contributed by atoms with Crippen LogP contribution in [-0.2, 0) is 4.74 Å². The van der Waals surface area contributed by atoms with Crippen molar-refractivity contribution in [3.63, 3.8) is 0 Å². The molecule has 1 saturated heterocycles. The number of hydrogen-bond acceptors (Lipinski definition) is 4. The van der Waals surface area contributed by atoms with E-state index in [0.717, 1.165) is 32.8 Å². The summed E-state index contributed by atoms with van der Waals surface area (Å²) in [5.41, 5.74) is 5.79. The van der Waals surface area contributed by atoms with Gasteiger partial charge in [-0.2, -0.15) is 0 Å². The molecule has 1 aliphatic heterocycles. The van der Waals surface area contributed by atoms with Crippen LogP contribution in [0, 0.1) is 0 Å². The largest absolute Gasteiger partial charge is 0.383 e. The highest BCUT2D eigenvalue weighted by Crippen LogP contribution is 2.17. The zero-order valence-electron chi connectivity index (χ0n) is 11.0. The standard InChI is InChI=1S/C12H27N3O/c1-4-14(5-2)11-6-7-15(9-11)12(8-13)10-16-3/h11-12H,4-10,13H2,1-3H3. The molecule has 0 bridgehead atoms. The van der Waals surface area contributed by atoms with Gasteiger partial charge in [-0.05, 0) is 19.5 Å². The topological polar surface area (TPSA) is 41.7 Å². The monoisotopic (exact) mass is 229 g/mol. The summed E-state index contributed by atoms with van der Waals surface area (Å²) in [4.78, 5) is 5.02. The fourth-order valence-electron chi connectivity index (χ4n) is 2.65. The van der Waals surface area contributed by atoms with Gasteiger partial charge in [0.25, 0.3) is 0 Å². The molecule has 96 valence electrons. The van der Waals surface area contributed by atoms with Crippen LogP contribution < -0.4 is 5.73 Å². The Bertz CT molecular complexity index is 185. The molecule has 0 aromatic rings. The average molecular weight is 229 g/mol. The van der Waals surface area contributed by atoms with Crippen molar-refractivity contribution in [1.82, 2.24) is 9.80 Å². The van der Waals surface area contributed by atoms with Crippen LogP contribution in [0.3, 0.4) is 0 Å². The first-order valence-electron chi connectivity index (χ1n) is 6.43. The third-order valence-electron chi connectivity index (χ3n) is 3.67. The van der Waals surface area contributed by atoms with Crippen molar-refractivity contribution < 1.29 is 4.74 Å². The second-order valence-electron chi connectivity index (χ2n) is 4.50. The van der Waals surface area contributed by atoms with Crippen molar-refractivity contribution in [1.29, 1.82) is 0 Å². The van der Waals surface area contributed by atoms with E-state index in [4.69, 9.17) is 10.5 Å². The number of ether oxygens (including phenoxy) is 1. The van der Waals surface area contributed by atoms with Gasteiger partial charge in [0.2, 0.25) is 0 Å². The van der Waals surface area contributed by atoms with Crippen LogP contribution in [0.15, 0.2) is 0 Å². The first kappa shape index (κ1) is 13.9. The Morgan fingerprint density at radius 3 is 2.62 bits per heavy atom. The van der Waals surface area contributed by atoms with Crippen LogP contribution in [-0.4, -0.2) is 68.3 Å². The molecule has 0 radical (unpaired) electrons. The van der Waals surface area contributed by atoms with Gasteiger partial charge in [0.15, 0.2) is 0 Å². The minimum absolute atomic E-state index is 0.394. The van der Waals surface area contributed by atoms with Gasteiger partial charge < -0.3 is 10.5 Å². The SMILES string of the molecule is CCN(CC)C1CCN(C(CN)COC)C1. The number of likely N-dealkylation sites (tertiary alicyclic amines) is 1. The zero-order valence-corrected chi connectivity index (χ0v) is 11.0. The van der Waals surface area contributed by atoms with Gasteiger partial charge in [-0.25, -0.2) is 0 Å². The Hall–Kier alpha value is -0.160. The van der Waals surface area contributed by atoms with Crippen molar-refractivity contribution in [2.45, 2.75) is 32.4 Å². The molecule has 2 N–H and O–H groups in total. The van der Waals surface area contributed by atoms with Crippen LogP contribution >= 0.6 is 0 Å². The second kappa shape index (κ2) is 7.22. The second-order valence-corrected chi connectivity index (χ2v) is 4.50. The Morgan fingerprint density at radius 1 is 1.44 bits per heavy atom. The highest BCUT2D eigenvalue weighted by Gasteiger charge is 2.29. The molecule has 16 heavy (non-hydrogen) atoms. The number of nitrogens with two attached hydrogens (primary N) is 1. The van der Waals surface area contributed by atoms with Gasteiger partial charge >= 0.3 is 0 Å². The smallest absolute Gasteiger partial charge is 0.0630 e. The van der Waals surface area contributed by atoms with Crippen molar-refractivity contribution >= 4 is 0 Å². The molecular formula is C12H27N3O. The van der Waals surface area contributed by atoms with Crippen LogP contribution in [0.1, 0.15) is 20.3 Å². The van der Waals surface area contributed by atoms with E-state index < -0.39 is 0 Å². The molecule has 2 unspecified atom stereocenters. The van der Waals surface area contributed by atoms with E-state index in [2.05, 4.69) is 23.6 Å². The molecule has 2 atom stereocenters. The Morgan fingerprint density at radius 2 is 2.12 bits per heavy atom. The van der Waals surface area contributed by atoms with E-state index in [0.29, 0.717) is 18.6 Å². The molecule has 1 fully saturated rings. The van der Waals surface area contributed by atoms with E-state index in [1.54, 1.807) is 7.11 Å². The third-order valence-corrected chi connectivity index (χ3v) is 3.67. The number of hydrogen-bond donors (Lipinski definition) is 1. The maximum Gasteiger partial charge on any atom is 0.0630 e. The maximum absolute atomic E-state index is 5.79. The highest BCUT2D eigenvalue weighted by molar-refractivity contribution is 4.86. The summed E-state index contributed by atoms with van der Waals surface area (Å²) in [7, 11) is 1.75. The zero-order chi connectivity index (χ0) is 12.0. The molecular weight excluding hydrogens is 202 g/mol. The van der Waals surface area contributed by atoms with Crippen LogP contribution in [0.5, 0.6) is 0 Å². The maximum atomic E-state index is 5.79. The van der Waals surface area contributed by atoms with Gasteiger partial charge in [-0.1, -0.05) is 13.8 Å². The van der Waals surface area contributed by atoms with Crippen LogP contribution in [0.4, 0.5) is 0 Å². The lowest BCUT2D eigenvalue weighted by Gasteiger charge is -2.29. The van der Waals surface area contributed by atoms with Gasteiger partial charge in [-0.15, -0.1) is 0 Å². The highest BCUT2D eigenvalue weighted by atomic mass is 16.5.